The quantitative estimate of drug-likeness (QED) is 0.858. The van der Waals surface area contributed by atoms with Crippen molar-refractivity contribution in [3.05, 3.63) is 35.9 Å². The van der Waals surface area contributed by atoms with Gasteiger partial charge in [0.15, 0.2) is 0 Å². The first kappa shape index (κ1) is 12.1. The highest BCUT2D eigenvalue weighted by atomic mass is 16.2. The van der Waals surface area contributed by atoms with Gasteiger partial charge in [0.2, 0.25) is 0 Å². The van der Waals surface area contributed by atoms with Crippen molar-refractivity contribution >= 4 is 5.91 Å². The topological polar surface area (TPSA) is 32.3 Å². The van der Waals surface area contributed by atoms with E-state index in [1.54, 1.807) is 0 Å². The Morgan fingerprint density at radius 3 is 2.82 bits per heavy atom. The van der Waals surface area contributed by atoms with E-state index in [-0.39, 0.29) is 5.91 Å². The maximum absolute atomic E-state index is 12.1. The zero-order valence-electron chi connectivity index (χ0n) is 10.4. The van der Waals surface area contributed by atoms with Gasteiger partial charge in [0.25, 0.3) is 5.91 Å². The Bertz CT molecular complexity index is 358. The van der Waals surface area contributed by atoms with E-state index in [2.05, 4.69) is 5.32 Å². The lowest BCUT2D eigenvalue weighted by Gasteiger charge is -2.19. The van der Waals surface area contributed by atoms with Gasteiger partial charge in [0.1, 0.15) is 0 Å². The minimum absolute atomic E-state index is 0.122. The lowest BCUT2D eigenvalue weighted by atomic mass is 10.0. The molecule has 1 fully saturated rings. The molecule has 3 nitrogen and oxygen atoms in total. The molecule has 1 saturated heterocycles. The van der Waals surface area contributed by atoms with Crippen LogP contribution in [0.1, 0.15) is 23.2 Å². The SMILES string of the molecule is CN(CCC1CCNC1)C(=O)c1ccccc1. The summed E-state index contributed by atoms with van der Waals surface area (Å²) < 4.78 is 0. The van der Waals surface area contributed by atoms with E-state index >= 15 is 0 Å². The van der Waals surface area contributed by atoms with Crippen LogP contribution in [0.3, 0.4) is 0 Å². The van der Waals surface area contributed by atoms with Crippen LogP contribution >= 0.6 is 0 Å². The summed E-state index contributed by atoms with van der Waals surface area (Å²) in [5, 5.41) is 3.35. The molecule has 1 atom stereocenters. The third-order valence-electron chi connectivity index (χ3n) is 3.40. The number of benzene rings is 1. The molecule has 0 aliphatic carbocycles. The summed E-state index contributed by atoms with van der Waals surface area (Å²) in [6.07, 6.45) is 2.34. The van der Waals surface area contributed by atoms with E-state index in [0.29, 0.717) is 0 Å². The molecule has 1 amide bonds. The van der Waals surface area contributed by atoms with Gasteiger partial charge in [-0.2, -0.15) is 0 Å². The van der Waals surface area contributed by atoms with Gasteiger partial charge in [-0.1, -0.05) is 18.2 Å². The summed E-state index contributed by atoms with van der Waals surface area (Å²) in [5.41, 5.74) is 0.777. The van der Waals surface area contributed by atoms with E-state index in [1.807, 2.05) is 42.3 Å². The molecule has 1 aliphatic heterocycles. The number of amides is 1. The smallest absolute Gasteiger partial charge is 0.253 e. The maximum Gasteiger partial charge on any atom is 0.253 e. The van der Waals surface area contributed by atoms with Gasteiger partial charge in [-0.05, 0) is 44.0 Å². The second-order valence-corrected chi connectivity index (χ2v) is 4.74. The molecule has 92 valence electrons. The third kappa shape index (κ3) is 3.30. The predicted molar refractivity (Wildman–Crippen MR) is 69.0 cm³/mol. The number of hydrogen-bond donors (Lipinski definition) is 1. The summed E-state index contributed by atoms with van der Waals surface area (Å²) in [4.78, 5) is 13.9. The zero-order chi connectivity index (χ0) is 12.1. The summed E-state index contributed by atoms with van der Waals surface area (Å²) in [6.45, 7) is 3.08. The van der Waals surface area contributed by atoms with Crippen molar-refractivity contribution in [1.29, 1.82) is 0 Å². The minimum Gasteiger partial charge on any atom is -0.342 e. The first-order valence-corrected chi connectivity index (χ1v) is 6.28. The van der Waals surface area contributed by atoms with E-state index in [0.717, 1.165) is 37.5 Å². The predicted octanol–water partition coefficient (Wildman–Crippen LogP) is 1.76. The fraction of sp³-hybridized carbons (Fsp3) is 0.500. The highest BCUT2D eigenvalue weighted by molar-refractivity contribution is 5.93. The van der Waals surface area contributed by atoms with E-state index in [4.69, 9.17) is 0 Å². The molecule has 1 heterocycles. The molecule has 1 unspecified atom stereocenters. The zero-order valence-corrected chi connectivity index (χ0v) is 10.4. The Kier molecular flexibility index (Phi) is 4.15. The number of carbonyl (C=O) groups excluding carboxylic acids is 1. The lowest BCUT2D eigenvalue weighted by molar-refractivity contribution is 0.0788. The summed E-state index contributed by atoms with van der Waals surface area (Å²) in [5.74, 6) is 0.859. The van der Waals surface area contributed by atoms with Crippen molar-refractivity contribution in [3.8, 4) is 0 Å². The summed E-state index contributed by atoms with van der Waals surface area (Å²) in [6, 6.07) is 9.48. The van der Waals surface area contributed by atoms with Gasteiger partial charge >= 0.3 is 0 Å². The molecular formula is C14H20N2O. The van der Waals surface area contributed by atoms with E-state index in [9.17, 15) is 4.79 Å². The van der Waals surface area contributed by atoms with Crippen LogP contribution in [0.5, 0.6) is 0 Å². The fourth-order valence-electron chi connectivity index (χ4n) is 2.24. The molecule has 0 bridgehead atoms. The first-order chi connectivity index (χ1) is 8.27. The van der Waals surface area contributed by atoms with Crippen LogP contribution in [0, 0.1) is 5.92 Å². The first-order valence-electron chi connectivity index (χ1n) is 6.28. The lowest BCUT2D eigenvalue weighted by Crippen LogP contribution is -2.29. The molecule has 0 saturated carbocycles. The van der Waals surface area contributed by atoms with Crippen LogP contribution in [0.2, 0.25) is 0 Å². The normalized spacial score (nSPS) is 19.2. The number of rotatable bonds is 4. The van der Waals surface area contributed by atoms with Crippen molar-refractivity contribution in [3.63, 3.8) is 0 Å². The maximum atomic E-state index is 12.1. The van der Waals surface area contributed by atoms with Gasteiger partial charge in [0, 0.05) is 19.2 Å². The second kappa shape index (κ2) is 5.82. The highest BCUT2D eigenvalue weighted by Gasteiger charge is 2.17. The summed E-state index contributed by atoms with van der Waals surface area (Å²) >= 11 is 0. The van der Waals surface area contributed by atoms with E-state index in [1.165, 1.54) is 6.42 Å². The van der Waals surface area contributed by atoms with Crippen molar-refractivity contribution in [2.75, 3.05) is 26.7 Å². The van der Waals surface area contributed by atoms with Crippen molar-refractivity contribution < 1.29 is 4.79 Å². The Hall–Kier alpha value is -1.35. The fourth-order valence-corrected chi connectivity index (χ4v) is 2.24. The molecule has 0 radical (unpaired) electrons. The molecule has 1 aromatic rings. The van der Waals surface area contributed by atoms with Crippen LogP contribution in [-0.4, -0.2) is 37.5 Å². The highest BCUT2D eigenvalue weighted by Crippen LogP contribution is 2.13. The van der Waals surface area contributed by atoms with Crippen molar-refractivity contribution in [2.45, 2.75) is 12.8 Å². The van der Waals surface area contributed by atoms with Crippen LogP contribution in [0.4, 0.5) is 0 Å². The molecule has 0 aromatic heterocycles. The van der Waals surface area contributed by atoms with Crippen molar-refractivity contribution in [2.24, 2.45) is 5.92 Å². The monoisotopic (exact) mass is 232 g/mol. The minimum atomic E-state index is 0.122. The molecule has 1 aromatic carbocycles. The molecule has 17 heavy (non-hydrogen) atoms. The van der Waals surface area contributed by atoms with Crippen LogP contribution in [0.25, 0.3) is 0 Å². The van der Waals surface area contributed by atoms with Crippen LogP contribution in [0.15, 0.2) is 30.3 Å². The Labute approximate surface area is 103 Å². The molecule has 1 N–H and O–H groups in total. The largest absolute Gasteiger partial charge is 0.342 e. The van der Waals surface area contributed by atoms with Gasteiger partial charge in [-0.3, -0.25) is 4.79 Å². The standard InChI is InChI=1S/C14H20N2O/c1-16(10-8-12-7-9-15-11-12)14(17)13-5-3-2-4-6-13/h2-6,12,15H,7-11H2,1H3. The molecular weight excluding hydrogens is 212 g/mol. The molecule has 3 heteroatoms. The number of hydrogen-bond acceptors (Lipinski definition) is 2. The Morgan fingerprint density at radius 1 is 1.41 bits per heavy atom. The van der Waals surface area contributed by atoms with Gasteiger partial charge < -0.3 is 10.2 Å². The summed E-state index contributed by atoms with van der Waals surface area (Å²) in [7, 11) is 1.89. The number of nitrogens with one attached hydrogen (secondary N) is 1. The molecule has 2 rings (SSSR count). The van der Waals surface area contributed by atoms with E-state index < -0.39 is 0 Å². The molecule has 0 spiro atoms. The van der Waals surface area contributed by atoms with Gasteiger partial charge in [-0.25, -0.2) is 0 Å². The Balaban J connectivity index is 1.83. The number of nitrogens with zero attached hydrogens (tertiary/aromatic N) is 1. The van der Waals surface area contributed by atoms with Crippen LogP contribution < -0.4 is 5.32 Å². The van der Waals surface area contributed by atoms with Gasteiger partial charge in [-0.15, -0.1) is 0 Å². The average molecular weight is 232 g/mol. The average Bonchev–Trinajstić information content (AvgIpc) is 2.89. The van der Waals surface area contributed by atoms with Crippen LogP contribution in [-0.2, 0) is 0 Å². The van der Waals surface area contributed by atoms with Crippen molar-refractivity contribution in [1.82, 2.24) is 10.2 Å². The second-order valence-electron chi connectivity index (χ2n) is 4.74. The Morgan fingerprint density at radius 2 is 2.18 bits per heavy atom. The van der Waals surface area contributed by atoms with Gasteiger partial charge in [0.05, 0.1) is 0 Å². The molecule has 1 aliphatic rings. The number of carbonyl (C=O) groups is 1. The third-order valence-corrected chi connectivity index (χ3v) is 3.40.